The van der Waals surface area contributed by atoms with Gasteiger partial charge >= 0.3 is 5.97 Å². The molecule has 1 aromatic rings. The van der Waals surface area contributed by atoms with Crippen molar-refractivity contribution >= 4 is 11.8 Å². The number of aliphatic carboxylic acids is 1. The molecule has 74 valence electrons. The summed E-state index contributed by atoms with van der Waals surface area (Å²) in [4.78, 5) is 21.2. The number of carboxylic acids is 1. The fourth-order valence-electron chi connectivity index (χ4n) is 1.17. The Bertz CT molecular complexity index is 380. The SMILES string of the molecule is Cc1ccc(CC(=O)C(=O)O)cc1C. The maximum Gasteiger partial charge on any atom is 0.372 e. The summed E-state index contributed by atoms with van der Waals surface area (Å²) in [5.74, 6) is -2.14. The van der Waals surface area contributed by atoms with Crippen molar-refractivity contribution in [1.82, 2.24) is 0 Å². The molecule has 0 bridgehead atoms. The molecule has 1 aromatic carbocycles. The standard InChI is InChI=1S/C11H12O3/c1-7-3-4-9(5-8(7)2)6-10(12)11(13)14/h3-5H,6H2,1-2H3,(H,13,14). The monoisotopic (exact) mass is 192 g/mol. The smallest absolute Gasteiger partial charge is 0.372 e. The maximum atomic E-state index is 10.9. The lowest BCUT2D eigenvalue weighted by atomic mass is 10.0. The Hall–Kier alpha value is -1.64. The van der Waals surface area contributed by atoms with Gasteiger partial charge in [0, 0.05) is 6.42 Å². The van der Waals surface area contributed by atoms with Gasteiger partial charge in [0.1, 0.15) is 0 Å². The third-order valence-electron chi connectivity index (χ3n) is 2.17. The molecule has 0 aromatic heterocycles. The molecular weight excluding hydrogens is 180 g/mol. The van der Waals surface area contributed by atoms with Gasteiger partial charge in [0.15, 0.2) is 0 Å². The van der Waals surface area contributed by atoms with Crippen LogP contribution in [0.3, 0.4) is 0 Å². The quantitative estimate of drug-likeness (QED) is 0.738. The van der Waals surface area contributed by atoms with Crippen molar-refractivity contribution in [1.29, 1.82) is 0 Å². The Labute approximate surface area is 82.4 Å². The van der Waals surface area contributed by atoms with Gasteiger partial charge < -0.3 is 5.11 Å². The van der Waals surface area contributed by atoms with Crippen LogP contribution < -0.4 is 0 Å². The van der Waals surface area contributed by atoms with Gasteiger partial charge in [-0.1, -0.05) is 18.2 Å². The number of benzene rings is 1. The fourth-order valence-corrected chi connectivity index (χ4v) is 1.17. The zero-order valence-corrected chi connectivity index (χ0v) is 8.20. The summed E-state index contributed by atoms with van der Waals surface area (Å²) < 4.78 is 0. The lowest BCUT2D eigenvalue weighted by molar-refractivity contribution is -0.148. The number of carbonyl (C=O) groups is 2. The van der Waals surface area contributed by atoms with E-state index in [1.165, 1.54) is 0 Å². The molecule has 3 nitrogen and oxygen atoms in total. The minimum absolute atomic E-state index is 0.0313. The van der Waals surface area contributed by atoms with Crippen LogP contribution in [0, 0.1) is 13.8 Å². The van der Waals surface area contributed by atoms with Crippen molar-refractivity contribution in [2.45, 2.75) is 20.3 Å². The van der Waals surface area contributed by atoms with E-state index in [1.807, 2.05) is 26.0 Å². The van der Waals surface area contributed by atoms with Gasteiger partial charge in [0.25, 0.3) is 0 Å². The molecule has 0 radical (unpaired) electrons. The lowest BCUT2D eigenvalue weighted by Gasteiger charge is -2.02. The van der Waals surface area contributed by atoms with E-state index < -0.39 is 11.8 Å². The average Bonchev–Trinajstić information content (AvgIpc) is 2.11. The summed E-state index contributed by atoms with van der Waals surface area (Å²) in [6.45, 7) is 3.90. The molecule has 1 rings (SSSR count). The number of carboxylic acid groups (broad SMARTS) is 1. The van der Waals surface area contributed by atoms with Crippen LogP contribution in [0.4, 0.5) is 0 Å². The number of ketones is 1. The van der Waals surface area contributed by atoms with Crippen LogP contribution in [0.1, 0.15) is 16.7 Å². The molecule has 3 heteroatoms. The molecule has 0 aliphatic rings. The van der Waals surface area contributed by atoms with Crippen molar-refractivity contribution < 1.29 is 14.7 Å². The molecule has 0 aliphatic heterocycles. The van der Waals surface area contributed by atoms with Gasteiger partial charge in [-0.15, -0.1) is 0 Å². The number of aryl methyl sites for hydroxylation is 2. The highest BCUT2D eigenvalue weighted by Crippen LogP contribution is 2.10. The van der Waals surface area contributed by atoms with E-state index in [9.17, 15) is 9.59 Å². The number of hydrogen-bond acceptors (Lipinski definition) is 2. The summed E-state index contributed by atoms with van der Waals surface area (Å²) >= 11 is 0. The second-order valence-corrected chi connectivity index (χ2v) is 3.32. The van der Waals surface area contributed by atoms with Gasteiger partial charge in [-0.25, -0.2) is 4.79 Å². The predicted octanol–water partition coefficient (Wildman–Crippen LogP) is 1.50. The lowest BCUT2D eigenvalue weighted by Crippen LogP contribution is -2.15. The Kier molecular flexibility index (Phi) is 3.02. The van der Waals surface area contributed by atoms with E-state index in [0.717, 1.165) is 16.7 Å². The highest BCUT2D eigenvalue weighted by Gasteiger charge is 2.11. The van der Waals surface area contributed by atoms with Gasteiger partial charge in [-0.05, 0) is 30.5 Å². The third kappa shape index (κ3) is 2.42. The van der Waals surface area contributed by atoms with Gasteiger partial charge in [0.05, 0.1) is 0 Å². The van der Waals surface area contributed by atoms with Crippen molar-refractivity contribution in [3.05, 3.63) is 34.9 Å². The molecule has 0 saturated carbocycles. The van der Waals surface area contributed by atoms with E-state index in [2.05, 4.69) is 0 Å². The summed E-state index contributed by atoms with van der Waals surface area (Å²) in [5.41, 5.74) is 2.96. The highest BCUT2D eigenvalue weighted by molar-refractivity contribution is 6.33. The van der Waals surface area contributed by atoms with Crippen molar-refractivity contribution in [3.63, 3.8) is 0 Å². The molecule has 0 saturated heterocycles. The summed E-state index contributed by atoms with van der Waals surface area (Å²) in [6, 6.07) is 5.51. The van der Waals surface area contributed by atoms with E-state index >= 15 is 0 Å². The summed E-state index contributed by atoms with van der Waals surface area (Å²) in [7, 11) is 0. The first kappa shape index (κ1) is 10.4. The zero-order chi connectivity index (χ0) is 10.7. The Balaban J connectivity index is 2.83. The highest BCUT2D eigenvalue weighted by atomic mass is 16.4. The normalized spacial score (nSPS) is 9.86. The van der Waals surface area contributed by atoms with E-state index in [1.54, 1.807) is 6.07 Å². The van der Waals surface area contributed by atoms with E-state index in [0.29, 0.717) is 0 Å². The summed E-state index contributed by atoms with van der Waals surface area (Å²) in [5, 5.41) is 8.42. The summed E-state index contributed by atoms with van der Waals surface area (Å²) in [6.07, 6.45) is -0.0313. The van der Waals surface area contributed by atoms with Crippen LogP contribution in [-0.2, 0) is 16.0 Å². The molecule has 14 heavy (non-hydrogen) atoms. The molecule has 0 amide bonds. The Morgan fingerprint density at radius 2 is 1.86 bits per heavy atom. The minimum atomic E-state index is -1.37. The first-order valence-electron chi connectivity index (χ1n) is 4.33. The van der Waals surface area contributed by atoms with Crippen LogP contribution in [-0.4, -0.2) is 16.9 Å². The molecule has 0 heterocycles. The molecule has 0 aliphatic carbocycles. The topological polar surface area (TPSA) is 54.4 Å². The van der Waals surface area contributed by atoms with Crippen molar-refractivity contribution in [3.8, 4) is 0 Å². The van der Waals surface area contributed by atoms with Crippen LogP contribution in [0.5, 0.6) is 0 Å². The van der Waals surface area contributed by atoms with Gasteiger partial charge in [-0.3, -0.25) is 4.79 Å². The Morgan fingerprint density at radius 3 is 2.36 bits per heavy atom. The molecule has 0 fully saturated rings. The number of carbonyl (C=O) groups excluding carboxylic acids is 1. The second kappa shape index (κ2) is 4.05. The molecule has 0 unspecified atom stereocenters. The van der Waals surface area contributed by atoms with E-state index in [-0.39, 0.29) is 6.42 Å². The van der Waals surface area contributed by atoms with E-state index in [4.69, 9.17) is 5.11 Å². The van der Waals surface area contributed by atoms with Crippen LogP contribution >= 0.6 is 0 Å². The number of hydrogen-bond donors (Lipinski definition) is 1. The van der Waals surface area contributed by atoms with Crippen molar-refractivity contribution in [2.24, 2.45) is 0 Å². The molecule has 0 atom stereocenters. The van der Waals surface area contributed by atoms with Gasteiger partial charge in [0.2, 0.25) is 5.78 Å². The molecule has 1 N–H and O–H groups in total. The largest absolute Gasteiger partial charge is 0.475 e. The third-order valence-corrected chi connectivity index (χ3v) is 2.17. The van der Waals surface area contributed by atoms with Crippen LogP contribution in [0.25, 0.3) is 0 Å². The first-order chi connectivity index (χ1) is 6.50. The van der Waals surface area contributed by atoms with Crippen LogP contribution in [0.15, 0.2) is 18.2 Å². The first-order valence-corrected chi connectivity index (χ1v) is 4.33. The number of rotatable bonds is 3. The van der Waals surface area contributed by atoms with Gasteiger partial charge in [-0.2, -0.15) is 0 Å². The number of Topliss-reactive ketones (excluding diaryl/α,β-unsaturated/α-hetero) is 1. The molecular formula is C11H12O3. The maximum absolute atomic E-state index is 10.9. The second-order valence-electron chi connectivity index (χ2n) is 3.32. The minimum Gasteiger partial charge on any atom is -0.475 e. The van der Waals surface area contributed by atoms with Crippen molar-refractivity contribution in [2.75, 3.05) is 0 Å². The fraction of sp³-hybridized carbons (Fsp3) is 0.273. The van der Waals surface area contributed by atoms with Crippen LogP contribution in [0.2, 0.25) is 0 Å². The molecule has 0 spiro atoms. The zero-order valence-electron chi connectivity index (χ0n) is 8.20. The predicted molar refractivity (Wildman–Crippen MR) is 52.3 cm³/mol. The average molecular weight is 192 g/mol. The Morgan fingerprint density at radius 1 is 1.21 bits per heavy atom.